The van der Waals surface area contributed by atoms with E-state index in [1.807, 2.05) is 0 Å². The lowest BCUT2D eigenvalue weighted by molar-refractivity contribution is 0.0269. The summed E-state index contributed by atoms with van der Waals surface area (Å²) >= 11 is 0. The number of nitrogens with zero attached hydrogens (tertiary/aromatic N) is 4. The Morgan fingerprint density at radius 3 is 2.91 bits per heavy atom. The van der Waals surface area contributed by atoms with Gasteiger partial charge >= 0.3 is 0 Å². The Bertz CT molecular complexity index is 648. The van der Waals surface area contributed by atoms with Gasteiger partial charge in [0.1, 0.15) is 11.9 Å². The fourth-order valence-electron chi connectivity index (χ4n) is 2.48. The maximum Gasteiger partial charge on any atom is 0.282 e. The van der Waals surface area contributed by atoms with E-state index in [-0.39, 0.29) is 6.61 Å². The van der Waals surface area contributed by atoms with Crippen LogP contribution in [0.3, 0.4) is 0 Å². The highest BCUT2D eigenvalue weighted by Gasteiger charge is 2.37. The molecular weight excluding hydrogens is 318 g/mol. The van der Waals surface area contributed by atoms with Crippen LogP contribution >= 0.6 is 0 Å². The van der Waals surface area contributed by atoms with Crippen molar-refractivity contribution in [2.24, 2.45) is 5.92 Å². The van der Waals surface area contributed by atoms with Gasteiger partial charge in [0.25, 0.3) is 10.2 Å². The number of aromatic nitrogens is 2. The van der Waals surface area contributed by atoms with Crippen molar-refractivity contribution in [1.29, 1.82) is 0 Å². The highest BCUT2D eigenvalue weighted by Crippen LogP contribution is 2.29. The Kier molecular flexibility index (Phi) is 4.81. The highest BCUT2D eigenvalue weighted by atomic mass is 32.2. The van der Waals surface area contributed by atoms with Crippen LogP contribution in [0.1, 0.15) is 24.7 Å². The molecule has 1 unspecified atom stereocenters. The number of nitrogens with one attached hydrogen (secondary N) is 1. The van der Waals surface area contributed by atoms with E-state index in [1.165, 1.54) is 35.5 Å². The number of anilines is 1. The molecule has 1 aromatic heterocycles. The quantitative estimate of drug-likeness (QED) is 0.810. The molecule has 1 saturated heterocycles. The lowest BCUT2D eigenvalue weighted by atomic mass is 10.2. The van der Waals surface area contributed by atoms with Crippen LogP contribution in [0, 0.1) is 5.92 Å². The van der Waals surface area contributed by atoms with Crippen molar-refractivity contribution in [2.45, 2.75) is 18.9 Å². The van der Waals surface area contributed by atoms with Crippen molar-refractivity contribution in [3.63, 3.8) is 0 Å². The van der Waals surface area contributed by atoms with Gasteiger partial charge in [-0.05, 0) is 24.8 Å². The summed E-state index contributed by atoms with van der Waals surface area (Å²) < 4.78 is 33.1. The topological polar surface area (TPSA) is 87.7 Å². The summed E-state index contributed by atoms with van der Waals surface area (Å²) in [5.74, 6) is 1.93. The fraction of sp³-hybridized carbons (Fsp3) is 0.714. The zero-order chi connectivity index (χ0) is 16.4. The molecule has 0 amide bonds. The van der Waals surface area contributed by atoms with Crippen molar-refractivity contribution >= 4 is 16.0 Å². The Balaban J connectivity index is 1.81. The van der Waals surface area contributed by atoms with Crippen LogP contribution in [0.5, 0.6) is 0 Å². The second kappa shape index (κ2) is 6.68. The predicted molar refractivity (Wildman–Crippen MR) is 86.1 cm³/mol. The Morgan fingerprint density at radius 1 is 1.43 bits per heavy atom. The summed E-state index contributed by atoms with van der Waals surface area (Å²) in [4.78, 5) is 8.77. The third-order valence-electron chi connectivity index (χ3n) is 4.08. The minimum absolute atomic E-state index is 0.263. The SMILES string of the molecule is CN(C)S(=O)(=O)N1CCOCC1c1nccc(NCC2CC2)n1. The van der Waals surface area contributed by atoms with Gasteiger partial charge in [-0.25, -0.2) is 9.97 Å². The van der Waals surface area contributed by atoms with Crippen LogP contribution in [0.4, 0.5) is 5.82 Å². The van der Waals surface area contributed by atoms with Crippen LogP contribution in [0.15, 0.2) is 12.3 Å². The second-order valence-electron chi connectivity index (χ2n) is 6.12. The van der Waals surface area contributed by atoms with Crippen LogP contribution < -0.4 is 5.32 Å². The summed E-state index contributed by atoms with van der Waals surface area (Å²) in [7, 11) is -0.491. The first-order valence-electron chi connectivity index (χ1n) is 7.82. The van der Waals surface area contributed by atoms with Crippen molar-refractivity contribution in [2.75, 3.05) is 45.7 Å². The van der Waals surface area contributed by atoms with Gasteiger partial charge in [-0.15, -0.1) is 0 Å². The van der Waals surface area contributed by atoms with E-state index in [4.69, 9.17) is 4.74 Å². The van der Waals surface area contributed by atoms with E-state index in [0.717, 1.165) is 18.3 Å². The van der Waals surface area contributed by atoms with Crippen LogP contribution in [0.25, 0.3) is 0 Å². The third kappa shape index (κ3) is 3.79. The highest BCUT2D eigenvalue weighted by molar-refractivity contribution is 7.86. The van der Waals surface area contributed by atoms with Crippen molar-refractivity contribution in [3.8, 4) is 0 Å². The first-order chi connectivity index (χ1) is 11.0. The van der Waals surface area contributed by atoms with Gasteiger partial charge in [0.2, 0.25) is 0 Å². The van der Waals surface area contributed by atoms with E-state index in [1.54, 1.807) is 12.3 Å². The van der Waals surface area contributed by atoms with Crippen LogP contribution in [0.2, 0.25) is 0 Å². The average Bonchev–Trinajstić information content (AvgIpc) is 3.37. The van der Waals surface area contributed by atoms with E-state index in [2.05, 4.69) is 15.3 Å². The first-order valence-corrected chi connectivity index (χ1v) is 9.22. The second-order valence-corrected chi connectivity index (χ2v) is 8.21. The van der Waals surface area contributed by atoms with Crippen molar-refractivity contribution in [1.82, 2.24) is 18.6 Å². The lowest BCUT2D eigenvalue weighted by Gasteiger charge is -2.35. The molecule has 1 atom stereocenters. The maximum absolute atomic E-state index is 12.5. The largest absolute Gasteiger partial charge is 0.378 e. The van der Waals surface area contributed by atoms with Crippen molar-refractivity contribution in [3.05, 3.63) is 18.1 Å². The number of hydrogen-bond acceptors (Lipinski definition) is 6. The predicted octanol–water partition coefficient (Wildman–Crippen LogP) is 0.478. The van der Waals surface area contributed by atoms with Crippen LogP contribution in [-0.4, -0.2) is 67.4 Å². The molecule has 128 valence electrons. The molecule has 23 heavy (non-hydrogen) atoms. The molecule has 0 spiro atoms. The molecule has 0 radical (unpaired) electrons. The Labute approximate surface area is 137 Å². The number of ether oxygens (including phenoxy) is 1. The zero-order valence-electron chi connectivity index (χ0n) is 13.5. The lowest BCUT2D eigenvalue weighted by Crippen LogP contribution is -2.48. The zero-order valence-corrected chi connectivity index (χ0v) is 14.3. The van der Waals surface area contributed by atoms with Gasteiger partial charge in [0, 0.05) is 33.4 Å². The summed E-state index contributed by atoms with van der Waals surface area (Å²) in [5.41, 5.74) is 0. The molecule has 0 bridgehead atoms. The average molecular weight is 341 g/mol. The molecule has 1 aliphatic carbocycles. The van der Waals surface area contributed by atoms with Gasteiger partial charge in [0.05, 0.1) is 13.2 Å². The summed E-state index contributed by atoms with van der Waals surface area (Å²) in [6.45, 7) is 1.84. The molecule has 0 aromatic carbocycles. The van der Waals surface area contributed by atoms with Gasteiger partial charge in [0.15, 0.2) is 5.82 Å². The molecule has 2 aliphatic rings. The molecule has 1 aliphatic heterocycles. The van der Waals surface area contributed by atoms with Crippen molar-refractivity contribution < 1.29 is 13.2 Å². The van der Waals surface area contributed by atoms with E-state index >= 15 is 0 Å². The van der Waals surface area contributed by atoms with Gasteiger partial charge in [-0.2, -0.15) is 17.0 Å². The first kappa shape index (κ1) is 16.6. The van der Waals surface area contributed by atoms with Gasteiger partial charge in [-0.1, -0.05) is 0 Å². The van der Waals surface area contributed by atoms with Crippen LogP contribution in [-0.2, 0) is 14.9 Å². The molecular formula is C14H23N5O3S. The molecule has 9 heteroatoms. The molecule has 1 saturated carbocycles. The molecule has 8 nitrogen and oxygen atoms in total. The minimum Gasteiger partial charge on any atom is -0.378 e. The number of morpholine rings is 1. The third-order valence-corrected chi connectivity index (χ3v) is 6.03. The Morgan fingerprint density at radius 2 is 2.22 bits per heavy atom. The van der Waals surface area contributed by atoms with Gasteiger partial charge < -0.3 is 10.1 Å². The maximum atomic E-state index is 12.5. The molecule has 1 N–H and O–H groups in total. The molecule has 2 fully saturated rings. The molecule has 2 heterocycles. The van der Waals surface area contributed by atoms with Gasteiger partial charge in [-0.3, -0.25) is 0 Å². The van der Waals surface area contributed by atoms with E-state index in [0.29, 0.717) is 19.0 Å². The normalized spacial score (nSPS) is 23.2. The summed E-state index contributed by atoms with van der Waals surface area (Å²) in [6.07, 6.45) is 4.18. The number of rotatable bonds is 6. The molecule has 1 aromatic rings. The van der Waals surface area contributed by atoms with E-state index < -0.39 is 16.3 Å². The minimum atomic E-state index is -3.54. The van der Waals surface area contributed by atoms with E-state index in [9.17, 15) is 8.42 Å². The Hall–Kier alpha value is -1.29. The summed E-state index contributed by atoms with van der Waals surface area (Å²) in [6, 6.07) is 1.30. The smallest absolute Gasteiger partial charge is 0.282 e. The summed E-state index contributed by atoms with van der Waals surface area (Å²) in [5, 5.41) is 3.29. The fourth-order valence-corrected chi connectivity index (χ4v) is 3.68. The molecule has 3 rings (SSSR count). The monoisotopic (exact) mass is 341 g/mol. The number of hydrogen-bond donors (Lipinski definition) is 1. The standard InChI is InChI=1S/C14H23N5O3S/c1-18(2)23(20,21)19-7-8-22-10-12(19)14-15-6-5-13(17-14)16-9-11-3-4-11/h5-6,11-12H,3-4,7-10H2,1-2H3,(H,15,16,17).